The molecule has 2 rings (SSSR count). The maximum absolute atomic E-state index is 6.02. The largest absolute Gasteiger partial charge is 0.373 e. The molecule has 0 spiro atoms. The van der Waals surface area contributed by atoms with Crippen molar-refractivity contribution in [2.24, 2.45) is 5.92 Å². The number of benzene rings is 1. The maximum Gasteiger partial charge on any atom is 0.0867 e. The molecule has 2 nitrogen and oxygen atoms in total. The van der Waals surface area contributed by atoms with Gasteiger partial charge in [-0.2, -0.15) is 0 Å². The molecular formula is C15H23NO. The molecule has 0 radical (unpaired) electrons. The van der Waals surface area contributed by atoms with Crippen molar-refractivity contribution in [3.63, 3.8) is 0 Å². The van der Waals surface area contributed by atoms with Gasteiger partial charge in [0.15, 0.2) is 0 Å². The van der Waals surface area contributed by atoms with Crippen molar-refractivity contribution in [3.05, 3.63) is 34.9 Å². The summed E-state index contributed by atoms with van der Waals surface area (Å²) in [5.41, 5.74) is 4.05. The molecule has 0 aliphatic carbocycles. The second-order valence-electron chi connectivity index (χ2n) is 5.11. The minimum Gasteiger partial charge on any atom is -0.373 e. The third kappa shape index (κ3) is 2.88. The van der Waals surface area contributed by atoms with Crippen LogP contribution in [-0.2, 0) is 4.74 Å². The molecule has 0 saturated carbocycles. The third-order valence-electron chi connectivity index (χ3n) is 3.65. The quantitative estimate of drug-likeness (QED) is 0.866. The predicted molar refractivity (Wildman–Crippen MR) is 71.3 cm³/mol. The van der Waals surface area contributed by atoms with Gasteiger partial charge in [-0.15, -0.1) is 0 Å². The van der Waals surface area contributed by atoms with Crippen molar-refractivity contribution in [1.29, 1.82) is 0 Å². The smallest absolute Gasteiger partial charge is 0.0867 e. The molecule has 94 valence electrons. The third-order valence-corrected chi connectivity index (χ3v) is 3.65. The molecule has 1 aliphatic rings. The van der Waals surface area contributed by atoms with E-state index in [-0.39, 0.29) is 6.10 Å². The zero-order valence-electron chi connectivity index (χ0n) is 11.1. The molecule has 2 unspecified atom stereocenters. The number of hydrogen-bond donors (Lipinski definition) is 1. The van der Waals surface area contributed by atoms with E-state index in [0.29, 0.717) is 5.92 Å². The minimum atomic E-state index is 0.274. The van der Waals surface area contributed by atoms with Crippen molar-refractivity contribution in [2.45, 2.75) is 32.8 Å². The van der Waals surface area contributed by atoms with E-state index < -0.39 is 0 Å². The molecule has 1 aliphatic heterocycles. The van der Waals surface area contributed by atoms with Gasteiger partial charge in [-0.1, -0.05) is 23.8 Å². The first-order valence-electron chi connectivity index (χ1n) is 6.55. The molecule has 1 saturated heterocycles. The van der Waals surface area contributed by atoms with Gasteiger partial charge in [0.1, 0.15) is 0 Å². The fourth-order valence-corrected chi connectivity index (χ4v) is 2.72. The summed E-state index contributed by atoms with van der Waals surface area (Å²) in [6, 6.07) is 6.67. The first-order chi connectivity index (χ1) is 8.22. The summed E-state index contributed by atoms with van der Waals surface area (Å²) in [4.78, 5) is 0. The highest BCUT2D eigenvalue weighted by Gasteiger charge is 2.27. The predicted octanol–water partition coefficient (Wildman–Crippen LogP) is 2.99. The standard InChI is InChI=1S/C15H23NO/c1-11-6-7-12(2)14(9-11)15-13(10-16-3)5-4-8-17-15/h6-7,9,13,15-16H,4-5,8,10H2,1-3H3. The zero-order valence-corrected chi connectivity index (χ0v) is 11.1. The summed E-state index contributed by atoms with van der Waals surface area (Å²) in [7, 11) is 2.02. The first-order valence-corrected chi connectivity index (χ1v) is 6.55. The minimum absolute atomic E-state index is 0.274. The first kappa shape index (κ1) is 12.6. The molecule has 0 bridgehead atoms. The number of ether oxygens (including phenoxy) is 1. The average molecular weight is 233 g/mol. The zero-order chi connectivity index (χ0) is 12.3. The van der Waals surface area contributed by atoms with Crippen LogP contribution >= 0.6 is 0 Å². The van der Waals surface area contributed by atoms with Crippen molar-refractivity contribution in [2.75, 3.05) is 20.2 Å². The van der Waals surface area contributed by atoms with E-state index in [0.717, 1.165) is 13.2 Å². The fraction of sp³-hybridized carbons (Fsp3) is 0.600. The van der Waals surface area contributed by atoms with Gasteiger partial charge < -0.3 is 10.1 Å². The van der Waals surface area contributed by atoms with E-state index in [1.807, 2.05) is 7.05 Å². The van der Waals surface area contributed by atoms with Gasteiger partial charge in [0.05, 0.1) is 6.10 Å². The Labute approximate surface area is 104 Å². The van der Waals surface area contributed by atoms with E-state index in [2.05, 4.69) is 37.4 Å². The van der Waals surface area contributed by atoms with E-state index in [1.165, 1.54) is 29.5 Å². The summed E-state index contributed by atoms with van der Waals surface area (Å²) in [5.74, 6) is 0.606. The Morgan fingerprint density at radius 1 is 1.35 bits per heavy atom. The van der Waals surface area contributed by atoms with Crippen LogP contribution in [0.3, 0.4) is 0 Å². The highest BCUT2D eigenvalue weighted by Crippen LogP contribution is 2.35. The van der Waals surface area contributed by atoms with Crippen LogP contribution in [0.1, 0.15) is 35.6 Å². The van der Waals surface area contributed by atoms with Crippen molar-refractivity contribution < 1.29 is 4.74 Å². The number of hydrogen-bond acceptors (Lipinski definition) is 2. The number of rotatable bonds is 3. The lowest BCUT2D eigenvalue weighted by molar-refractivity contribution is -0.0276. The van der Waals surface area contributed by atoms with E-state index >= 15 is 0 Å². The highest BCUT2D eigenvalue weighted by molar-refractivity contribution is 5.33. The molecule has 0 aromatic heterocycles. The van der Waals surface area contributed by atoms with Crippen LogP contribution in [0.4, 0.5) is 0 Å². The normalized spacial score (nSPS) is 24.9. The Morgan fingerprint density at radius 2 is 2.18 bits per heavy atom. The van der Waals surface area contributed by atoms with Gasteiger partial charge in [-0.05, 0) is 44.9 Å². The highest BCUT2D eigenvalue weighted by atomic mass is 16.5. The molecule has 2 heteroatoms. The fourth-order valence-electron chi connectivity index (χ4n) is 2.72. The van der Waals surface area contributed by atoms with Crippen molar-refractivity contribution in [1.82, 2.24) is 5.32 Å². The van der Waals surface area contributed by atoms with E-state index in [1.54, 1.807) is 0 Å². The Balaban J connectivity index is 2.25. The summed E-state index contributed by atoms with van der Waals surface area (Å²) in [6.07, 6.45) is 2.73. The monoisotopic (exact) mass is 233 g/mol. The van der Waals surface area contributed by atoms with Gasteiger partial charge >= 0.3 is 0 Å². The molecule has 1 aromatic rings. The second-order valence-corrected chi connectivity index (χ2v) is 5.11. The average Bonchev–Trinajstić information content (AvgIpc) is 2.34. The van der Waals surface area contributed by atoms with Gasteiger partial charge in [-0.25, -0.2) is 0 Å². The van der Waals surface area contributed by atoms with Crippen LogP contribution in [0, 0.1) is 19.8 Å². The van der Waals surface area contributed by atoms with E-state index in [9.17, 15) is 0 Å². The van der Waals surface area contributed by atoms with Crippen LogP contribution in [0.15, 0.2) is 18.2 Å². The molecule has 1 fully saturated rings. The van der Waals surface area contributed by atoms with Crippen LogP contribution in [-0.4, -0.2) is 20.2 Å². The SMILES string of the molecule is CNCC1CCCOC1c1cc(C)ccc1C. The lowest BCUT2D eigenvalue weighted by Crippen LogP contribution is -2.30. The lowest BCUT2D eigenvalue weighted by atomic mass is 9.87. The second kappa shape index (κ2) is 5.65. The maximum atomic E-state index is 6.02. The Hall–Kier alpha value is -0.860. The Morgan fingerprint density at radius 3 is 2.94 bits per heavy atom. The summed E-state index contributed by atoms with van der Waals surface area (Å²) < 4.78 is 6.02. The summed E-state index contributed by atoms with van der Waals surface area (Å²) in [5, 5.41) is 3.29. The molecule has 2 atom stereocenters. The topological polar surface area (TPSA) is 21.3 Å². The molecule has 17 heavy (non-hydrogen) atoms. The van der Waals surface area contributed by atoms with Gasteiger partial charge in [-0.3, -0.25) is 0 Å². The molecule has 1 heterocycles. The molecule has 1 aromatic carbocycles. The van der Waals surface area contributed by atoms with Crippen LogP contribution in [0.25, 0.3) is 0 Å². The Kier molecular flexibility index (Phi) is 4.19. The molecular weight excluding hydrogens is 210 g/mol. The number of aryl methyl sites for hydroxylation is 2. The van der Waals surface area contributed by atoms with Gasteiger partial charge in [0.25, 0.3) is 0 Å². The summed E-state index contributed by atoms with van der Waals surface area (Å²) >= 11 is 0. The van der Waals surface area contributed by atoms with Crippen molar-refractivity contribution >= 4 is 0 Å². The van der Waals surface area contributed by atoms with Crippen LogP contribution in [0.2, 0.25) is 0 Å². The van der Waals surface area contributed by atoms with Crippen LogP contribution < -0.4 is 5.32 Å². The van der Waals surface area contributed by atoms with Crippen molar-refractivity contribution in [3.8, 4) is 0 Å². The van der Waals surface area contributed by atoms with Gasteiger partial charge in [0.2, 0.25) is 0 Å². The van der Waals surface area contributed by atoms with E-state index in [4.69, 9.17) is 4.74 Å². The summed E-state index contributed by atoms with van der Waals surface area (Å²) in [6.45, 7) is 6.28. The van der Waals surface area contributed by atoms with Crippen LogP contribution in [0.5, 0.6) is 0 Å². The molecule has 0 amide bonds. The Bertz CT molecular complexity index is 373. The number of nitrogens with one attached hydrogen (secondary N) is 1. The van der Waals surface area contributed by atoms with Gasteiger partial charge in [0, 0.05) is 19.1 Å². The molecule has 1 N–H and O–H groups in total. The lowest BCUT2D eigenvalue weighted by Gasteiger charge is -2.33.